The van der Waals surface area contributed by atoms with Gasteiger partial charge in [-0.05, 0) is 59.9 Å². The lowest BCUT2D eigenvalue weighted by atomic mass is 9.89. The number of phenolic OH excluding ortho intramolecular Hbond substituents is 1. The molecule has 0 saturated carbocycles. The van der Waals surface area contributed by atoms with E-state index in [1.807, 2.05) is 36.4 Å². The van der Waals surface area contributed by atoms with Gasteiger partial charge in [0.05, 0.1) is 28.4 Å². The number of phenols is 1. The maximum Gasteiger partial charge on any atom is 0.166 e. The molecule has 0 unspecified atom stereocenters. The lowest BCUT2D eigenvalue weighted by Gasteiger charge is -2.31. The number of methoxy groups -OCH3 is 4. The van der Waals surface area contributed by atoms with Gasteiger partial charge in [-0.3, -0.25) is 4.90 Å². The smallest absolute Gasteiger partial charge is 0.166 e. The topological polar surface area (TPSA) is 60.4 Å². The zero-order valence-electron chi connectivity index (χ0n) is 19.7. The van der Waals surface area contributed by atoms with E-state index < -0.39 is 0 Å². The zero-order valence-corrected chi connectivity index (χ0v) is 19.7. The van der Waals surface area contributed by atoms with Gasteiger partial charge in [0, 0.05) is 36.8 Å². The third-order valence-electron chi connectivity index (χ3n) is 6.29. The fourth-order valence-electron chi connectivity index (χ4n) is 4.48. The number of ether oxygens (including phenoxy) is 4. The standard InChI is InChI=1S/C27H31NO5/c1-30-20-7-5-6-18(14-20)10-12-28-13-11-19-15-25(33-4)27(29)26(23(19)17-28)22-9-8-21(31-2)16-24(22)32-3/h5-9,14-16,29H,10-13,17H2,1-4H3. The van der Waals surface area contributed by atoms with Crippen LogP contribution in [0.4, 0.5) is 0 Å². The Morgan fingerprint density at radius 3 is 2.33 bits per heavy atom. The minimum atomic E-state index is 0.134. The first-order valence-electron chi connectivity index (χ1n) is 11.1. The van der Waals surface area contributed by atoms with Crippen LogP contribution in [0.5, 0.6) is 28.7 Å². The summed E-state index contributed by atoms with van der Waals surface area (Å²) in [5.74, 6) is 2.84. The molecule has 1 aliphatic heterocycles. The largest absolute Gasteiger partial charge is 0.504 e. The van der Waals surface area contributed by atoms with Crippen LogP contribution in [0.1, 0.15) is 16.7 Å². The van der Waals surface area contributed by atoms with Crippen LogP contribution in [-0.4, -0.2) is 51.5 Å². The number of fused-ring (bicyclic) bond motifs is 1. The lowest BCUT2D eigenvalue weighted by molar-refractivity contribution is 0.256. The van der Waals surface area contributed by atoms with Crippen LogP contribution in [0.25, 0.3) is 11.1 Å². The van der Waals surface area contributed by atoms with E-state index in [1.165, 1.54) is 11.1 Å². The molecule has 1 N–H and O–H groups in total. The minimum absolute atomic E-state index is 0.134. The van der Waals surface area contributed by atoms with Crippen LogP contribution >= 0.6 is 0 Å². The molecule has 1 aliphatic rings. The number of hydrogen-bond donors (Lipinski definition) is 1. The molecule has 0 aromatic heterocycles. The van der Waals surface area contributed by atoms with Gasteiger partial charge in [0.2, 0.25) is 0 Å². The van der Waals surface area contributed by atoms with Crippen LogP contribution in [-0.2, 0) is 19.4 Å². The summed E-state index contributed by atoms with van der Waals surface area (Å²) in [6, 6.07) is 15.8. The molecule has 1 heterocycles. The van der Waals surface area contributed by atoms with Crippen LogP contribution in [0.15, 0.2) is 48.5 Å². The third kappa shape index (κ3) is 4.71. The average Bonchev–Trinajstić information content (AvgIpc) is 2.87. The lowest BCUT2D eigenvalue weighted by Crippen LogP contribution is -2.32. The van der Waals surface area contributed by atoms with E-state index in [-0.39, 0.29) is 5.75 Å². The Balaban J connectivity index is 1.67. The number of benzene rings is 3. The third-order valence-corrected chi connectivity index (χ3v) is 6.29. The summed E-state index contributed by atoms with van der Waals surface area (Å²) < 4.78 is 21.9. The first kappa shape index (κ1) is 22.8. The van der Waals surface area contributed by atoms with Crippen molar-refractivity contribution in [2.75, 3.05) is 41.5 Å². The van der Waals surface area contributed by atoms with Crippen molar-refractivity contribution >= 4 is 0 Å². The summed E-state index contributed by atoms with van der Waals surface area (Å²) in [6.45, 7) is 2.60. The highest BCUT2D eigenvalue weighted by atomic mass is 16.5. The molecule has 4 rings (SSSR count). The summed E-state index contributed by atoms with van der Waals surface area (Å²) in [7, 11) is 6.53. The Bertz CT molecular complexity index is 1130. The van der Waals surface area contributed by atoms with Crippen molar-refractivity contribution in [1.82, 2.24) is 4.90 Å². The highest BCUT2D eigenvalue weighted by Gasteiger charge is 2.26. The number of nitrogens with zero attached hydrogens (tertiary/aromatic N) is 1. The maximum atomic E-state index is 11.2. The van der Waals surface area contributed by atoms with Gasteiger partial charge in [0.1, 0.15) is 17.2 Å². The molecule has 0 aliphatic carbocycles. The highest BCUT2D eigenvalue weighted by molar-refractivity contribution is 5.82. The van der Waals surface area contributed by atoms with E-state index in [4.69, 9.17) is 18.9 Å². The van der Waals surface area contributed by atoms with Gasteiger partial charge >= 0.3 is 0 Å². The van der Waals surface area contributed by atoms with E-state index in [1.54, 1.807) is 28.4 Å². The Hall–Kier alpha value is -3.38. The Morgan fingerprint density at radius 2 is 1.61 bits per heavy atom. The monoisotopic (exact) mass is 449 g/mol. The molecule has 0 bridgehead atoms. The molecule has 0 fully saturated rings. The van der Waals surface area contributed by atoms with Crippen molar-refractivity contribution in [1.29, 1.82) is 0 Å². The van der Waals surface area contributed by atoms with Crippen LogP contribution in [0.2, 0.25) is 0 Å². The molecule has 0 amide bonds. The first-order valence-corrected chi connectivity index (χ1v) is 11.1. The Kier molecular flexibility index (Phi) is 6.94. The molecular formula is C27H31NO5. The number of hydrogen-bond acceptors (Lipinski definition) is 6. The average molecular weight is 450 g/mol. The Morgan fingerprint density at radius 1 is 0.848 bits per heavy atom. The highest BCUT2D eigenvalue weighted by Crippen LogP contribution is 2.47. The maximum absolute atomic E-state index is 11.2. The van der Waals surface area contributed by atoms with E-state index in [0.717, 1.165) is 54.9 Å². The zero-order chi connectivity index (χ0) is 23.4. The second-order valence-electron chi connectivity index (χ2n) is 8.13. The van der Waals surface area contributed by atoms with E-state index in [2.05, 4.69) is 17.0 Å². The summed E-state index contributed by atoms with van der Waals surface area (Å²) in [5.41, 5.74) is 5.12. The second-order valence-corrected chi connectivity index (χ2v) is 8.13. The molecular weight excluding hydrogens is 418 g/mol. The SMILES string of the molecule is COc1cccc(CCN2CCc3cc(OC)c(O)c(-c4ccc(OC)cc4OC)c3C2)c1. The summed E-state index contributed by atoms with van der Waals surface area (Å²) in [4.78, 5) is 2.42. The molecule has 6 heteroatoms. The fraction of sp³-hybridized carbons (Fsp3) is 0.333. The normalized spacial score (nSPS) is 13.3. The van der Waals surface area contributed by atoms with Crippen molar-refractivity contribution in [3.8, 4) is 39.9 Å². The molecule has 0 radical (unpaired) electrons. The van der Waals surface area contributed by atoms with Crippen molar-refractivity contribution in [2.45, 2.75) is 19.4 Å². The molecule has 3 aromatic rings. The number of aromatic hydroxyl groups is 1. The molecule has 0 atom stereocenters. The summed E-state index contributed by atoms with van der Waals surface area (Å²) in [6.07, 6.45) is 1.81. The molecule has 174 valence electrons. The van der Waals surface area contributed by atoms with Crippen molar-refractivity contribution < 1.29 is 24.1 Å². The second kappa shape index (κ2) is 10.0. The first-order chi connectivity index (χ1) is 16.1. The van der Waals surface area contributed by atoms with E-state index in [0.29, 0.717) is 17.2 Å². The summed E-state index contributed by atoms with van der Waals surface area (Å²) >= 11 is 0. The fourth-order valence-corrected chi connectivity index (χ4v) is 4.48. The van der Waals surface area contributed by atoms with E-state index >= 15 is 0 Å². The molecule has 0 spiro atoms. The molecule has 33 heavy (non-hydrogen) atoms. The predicted molar refractivity (Wildman–Crippen MR) is 129 cm³/mol. The van der Waals surface area contributed by atoms with Crippen LogP contribution < -0.4 is 18.9 Å². The van der Waals surface area contributed by atoms with Gasteiger partial charge in [-0.2, -0.15) is 0 Å². The van der Waals surface area contributed by atoms with Crippen LogP contribution in [0.3, 0.4) is 0 Å². The van der Waals surface area contributed by atoms with Gasteiger partial charge in [-0.1, -0.05) is 12.1 Å². The Labute approximate surface area is 195 Å². The van der Waals surface area contributed by atoms with Crippen molar-refractivity contribution in [3.05, 3.63) is 65.2 Å². The van der Waals surface area contributed by atoms with Crippen molar-refractivity contribution in [3.63, 3.8) is 0 Å². The minimum Gasteiger partial charge on any atom is -0.504 e. The van der Waals surface area contributed by atoms with Gasteiger partial charge in [-0.15, -0.1) is 0 Å². The predicted octanol–water partition coefficient (Wildman–Crippen LogP) is 4.69. The van der Waals surface area contributed by atoms with Crippen molar-refractivity contribution in [2.24, 2.45) is 0 Å². The van der Waals surface area contributed by atoms with Gasteiger partial charge in [0.25, 0.3) is 0 Å². The molecule has 6 nitrogen and oxygen atoms in total. The van der Waals surface area contributed by atoms with Gasteiger partial charge in [0.15, 0.2) is 11.5 Å². The quantitative estimate of drug-likeness (QED) is 0.538. The number of rotatable bonds is 8. The molecule has 3 aromatic carbocycles. The molecule has 0 saturated heterocycles. The van der Waals surface area contributed by atoms with Crippen LogP contribution in [0, 0.1) is 0 Å². The van der Waals surface area contributed by atoms with E-state index in [9.17, 15) is 5.11 Å². The van der Waals surface area contributed by atoms with Gasteiger partial charge < -0.3 is 24.1 Å². The van der Waals surface area contributed by atoms with Gasteiger partial charge in [-0.25, -0.2) is 0 Å². The summed E-state index contributed by atoms with van der Waals surface area (Å²) in [5, 5.41) is 11.2.